The van der Waals surface area contributed by atoms with Gasteiger partial charge in [-0.1, -0.05) is 20.8 Å². The monoisotopic (exact) mass is 343 g/mol. The first-order chi connectivity index (χ1) is 11.8. The molecule has 0 aliphatic heterocycles. The van der Waals surface area contributed by atoms with Gasteiger partial charge in [0.2, 0.25) is 5.95 Å². The molecule has 1 amide bonds. The molecule has 1 fully saturated rings. The highest BCUT2D eigenvalue weighted by molar-refractivity contribution is 5.93. The SMILES string of the molecule is CC(C)(C)C1CCC(NC(=O)c2cnc(-n3cccn3)[nH]c2=O)CC1. The predicted molar refractivity (Wildman–Crippen MR) is 94.6 cm³/mol. The van der Waals surface area contributed by atoms with Crippen molar-refractivity contribution in [3.63, 3.8) is 0 Å². The number of carbonyl (C=O) groups excluding carboxylic acids is 1. The van der Waals surface area contributed by atoms with Gasteiger partial charge in [-0.15, -0.1) is 0 Å². The third kappa shape index (κ3) is 3.97. The van der Waals surface area contributed by atoms with Gasteiger partial charge in [0.05, 0.1) is 0 Å². The number of nitrogens with zero attached hydrogens (tertiary/aromatic N) is 3. The minimum atomic E-state index is -0.457. The molecule has 0 spiro atoms. The quantitative estimate of drug-likeness (QED) is 0.894. The Morgan fingerprint density at radius 2 is 2.00 bits per heavy atom. The van der Waals surface area contributed by atoms with E-state index in [0.717, 1.165) is 25.7 Å². The number of nitrogens with one attached hydrogen (secondary N) is 2. The van der Waals surface area contributed by atoms with Crippen molar-refractivity contribution in [1.29, 1.82) is 0 Å². The van der Waals surface area contributed by atoms with Crippen molar-refractivity contribution in [2.75, 3.05) is 0 Å². The van der Waals surface area contributed by atoms with Crippen molar-refractivity contribution in [3.8, 4) is 5.95 Å². The van der Waals surface area contributed by atoms with E-state index in [4.69, 9.17) is 0 Å². The molecule has 2 N–H and O–H groups in total. The van der Waals surface area contributed by atoms with Crippen LogP contribution in [0.25, 0.3) is 5.95 Å². The fourth-order valence-electron chi connectivity index (χ4n) is 3.42. The summed E-state index contributed by atoms with van der Waals surface area (Å²) in [5.74, 6) is 0.608. The topological polar surface area (TPSA) is 92.7 Å². The molecular formula is C18H25N5O2. The number of hydrogen-bond donors (Lipinski definition) is 2. The first-order valence-corrected chi connectivity index (χ1v) is 8.75. The fourth-order valence-corrected chi connectivity index (χ4v) is 3.42. The lowest BCUT2D eigenvalue weighted by Crippen LogP contribution is -2.41. The van der Waals surface area contributed by atoms with Crippen LogP contribution in [0.1, 0.15) is 56.8 Å². The molecule has 1 aliphatic carbocycles. The van der Waals surface area contributed by atoms with E-state index < -0.39 is 5.56 Å². The van der Waals surface area contributed by atoms with Crippen molar-refractivity contribution >= 4 is 5.91 Å². The molecule has 25 heavy (non-hydrogen) atoms. The van der Waals surface area contributed by atoms with E-state index in [0.29, 0.717) is 11.3 Å². The van der Waals surface area contributed by atoms with Crippen LogP contribution in [0, 0.1) is 11.3 Å². The summed E-state index contributed by atoms with van der Waals surface area (Å²) in [5.41, 5.74) is -0.117. The molecule has 0 bridgehead atoms. The molecule has 1 aliphatic rings. The van der Waals surface area contributed by atoms with Crippen LogP contribution < -0.4 is 10.9 Å². The second-order valence-electron chi connectivity index (χ2n) is 7.79. The van der Waals surface area contributed by atoms with Gasteiger partial charge in [0, 0.05) is 24.6 Å². The minimum absolute atomic E-state index is 0.0360. The normalized spacial score (nSPS) is 21.1. The van der Waals surface area contributed by atoms with E-state index in [1.54, 1.807) is 18.5 Å². The second kappa shape index (κ2) is 6.82. The Kier molecular flexibility index (Phi) is 4.74. The summed E-state index contributed by atoms with van der Waals surface area (Å²) in [5, 5.41) is 6.99. The Balaban J connectivity index is 1.64. The Labute approximate surface area is 146 Å². The van der Waals surface area contributed by atoms with Crippen LogP contribution in [0.2, 0.25) is 0 Å². The van der Waals surface area contributed by atoms with Gasteiger partial charge in [-0.3, -0.25) is 14.6 Å². The zero-order valence-electron chi connectivity index (χ0n) is 15.0. The molecule has 2 aromatic heterocycles. The zero-order valence-corrected chi connectivity index (χ0v) is 15.0. The minimum Gasteiger partial charge on any atom is -0.349 e. The zero-order chi connectivity index (χ0) is 18.0. The lowest BCUT2D eigenvalue weighted by molar-refractivity contribution is 0.0902. The Hall–Kier alpha value is -2.44. The van der Waals surface area contributed by atoms with Crippen molar-refractivity contribution in [2.24, 2.45) is 11.3 Å². The number of aromatic nitrogens is 4. The predicted octanol–water partition coefficient (Wildman–Crippen LogP) is 2.29. The molecule has 0 saturated heterocycles. The van der Waals surface area contributed by atoms with E-state index in [1.165, 1.54) is 10.9 Å². The summed E-state index contributed by atoms with van der Waals surface area (Å²) < 4.78 is 1.44. The summed E-state index contributed by atoms with van der Waals surface area (Å²) >= 11 is 0. The highest BCUT2D eigenvalue weighted by Crippen LogP contribution is 2.37. The van der Waals surface area contributed by atoms with Crippen molar-refractivity contribution in [1.82, 2.24) is 25.1 Å². The third-order valence-corrected chi connectivity index (χ3v) is 5.04. The van der Waals surface area contributed by atoms with Crippen molar-refractivity contribution in [3.05, 3.63) is 40.6 Å². The summed E-state index contributed by atoms with van der Waals surface area (Å²) in [4.78, 5) is 31.3. The van der Waals surface area contributed by atoms with Gasteiger partial charge in [0.25, 0.3) is 11.5 Å². The Morgan fingerprint density at radius 1 is 1.28 bits per heavy atom. The number of carbonyl (C=O) groups is 1. The summed E-state index contributed by atoms with van der Waals surface area (Å²) in [6, 6.07) is 1.85. The molecular weight excluding hydrogens is 318 g/mol. The lowest BCUT2D eigenvalue weighted by Gasteiger charge is -2.37. The first-order valence-electron chi connectivity index (χ1n) is 8.75. The maximum absolute atomic E-state index is 12.4. The van der Waals surface area contributed by atoms with Gasteiger partial charge >= 0.3 is 0 Å². The largest absolute Gasteiger partial charge is 0.349 e. The Bertz CT molecular complexity index is 781. The molecule has 7 heteroatoms. The lowest BCUT2D eigenvalue weighted by atomic mass is 9.71. The van der Waals surface area contributed by atoms with Crippen LogP contribution in [0.15, 0.2) is 29.5 Å². The van der Waals surface area contributed by atoms with Crippen molar-refractivity contribution in [2.45, 2.75) is 52.5 Å². The van der Waals surface area contributed by atoms with Crippen LogP contribution in [-0.4, -0.2) is 31.7 Å². The number of amides is 1. The van der Waals surface area contributed by atoms with E-state index in [2.05, 4.69) is 41.2 Å². The van der Waals surface area contributed by atoms with Gasteiger partial charge in [-0.2, -0.15) is 5.10 Å². The van der Waals surface area contributed by atoms with Crippen LogP contribution >= 0.6 is 0 Å². The average Bonchev–Trinajstić information content (AvgIpc) is 3.08. The van der Waals surface area contributed by atoms with Crippen LogP contribution in [0.4, 0.5) is 0 Å². The maximum atomic E-state index is 12.4. The van der Waals surface area contributed by atoms with Gasteiger partial charge in [0.1, 0.15) is 5.56 Å². The van der Waals surface area contributed by atoms with E-state index in [-0.39, 0.29) is 23.5 Å². The number of hydrogen-bond acceptors (Lipinski definition) is 4. The number of aromatic amines is 1. The smallest absolute Gasteiger partial charge is 0.265 e. The van der Waals surface area contributed by atoms with Gasteiger partial charge in [-0.25, -0.2) is 9.67 Å². The highest BCUT2D eigenvalue weighted by Gasteiger charge is 2.30. The van der Waals surface area contributed by atoms with Gasteiger partial charge in [-0.05, 0) is 43.1 Å². The maximum Gasteiger partial charge on any atom is 0.265 e. The summed E-state index contributed by atoms with van der Waals surface area (Å²) in [7, 11) is 0. The Morgan fingerprint density at radius 3 is 2.56 bits per heavy atom. The molecule has 134 valence electrons. The summed E-state index contributed by atoms with van der Waals surface area (Å²) in [6.07, 6.45) is 8.67. The average molecular weight is 343 g/mol. The van der Waals surface area contributed by atoms with E-state index >= 15 is 0 Å². The third-order valence-electron chi connectivity index (χ3n) is 5.04. The molecule has 1 saturated carbocycles. The van der Waals surface area contributed by atoms with E-state index in [1.807, 2.05) is 0 Å². The number of rotatable bonds is 3. The molecule has 7 nitrogen and oxygen atoms in total. The molecule has 0 aromatic carbocycles. The summed E-state index contributed by atoms with van der Waals surface area (Å²) in [6.45, 7) is 6.80. The molecule has 0 radical (unpaired) electrons. The molecule has 3 rings (SSSR count). The van der Waals surface area contributed by atoms with Crippen molar-refractivity contribution < 1.29 is 4.79 Å². The first kappa shape index (κ1) is 17.4. The van der Waals surface area contributed by atoms with Crippen LogP contribution in [-0.2, 0) is 0 Å². The second-order valence-corrected chi connectivity index (χ2v) is 7.79. The fraction of sp³-hybridized carbons (Fsp3) is 0.556. The van der Waals surface area contributed by atoms with Gasteiger partial charge < -0.3 is 5.32 Å². The number of H-pyrrole nitrogens is 1. The highest BCUT2D eigenvalue weighted by atomic mass is 16.2. The van der Waals surface area contributed by atoms with E-state index in [9.17, 15) is 9.59 Å². The molecule has 0 unspecified atom stereocenters. The molecule has 2 heterocycles. The standard InChI is InChI=1S/C18H25N5O2/c1-18(2,3)12-5-7-13(8-6-12)21-15(24)14-11-19-17(22-16(14)25)23-10-4-9-20-23/h4,9-13H,5-8H2,1-3H3,(H,21,24)(H,19,22,25). The molecule has 2 aromatic rings. The van der Waals surface area contributed by atoms with Crippen LogP contribution in [0.3, 0.4) is 0 Å². The van der Waals surface area contributed by atoms with Gasteiger partial charge in [0.15, 0.2) is 0 Å². The van der Waals surface area contributed by atoms with Crippen LogP contribution in [0.5, 0.6) is 0 Å². The molecule has 0 atom stereocenters.